The first-order valence-corrected chi connectivity index (χ1v) is 5.49. The molecule has 0 unspecified atom stereocenters. The van der Waals surface area contributed by atoms with Crippen molar-refractivity contribution in [2.24, 2.45) is 5.92 Å². The van der Waals surface area contributed by atoms with Crippen molar-refractivity contribution < 1.29 is 14.3 Å². The number of Topliss-reactive ketones (excluding diaryl/α,β-unsaturated/α-hetero) is 1. The third-order valence-electron chi connectivity index (χ3n) is 1.41. The number of hydrogen-bond donors (Lipinski definition) is 0. The van der Waals surface area contributed by atoms with Crippen LogP contribution in [0.1, 0.15) is 20.8 Å². The van der Waals surface area contributed by atoms with Crippen molar-refractivity contribution in [1.29, 1.82) is 0 Å². The minimum atomic E-state index is -0.246. The van der Waals surface area contributed by atoms with E-state index in [4.69, 9.17) is 4.74 Å². The lowest BCUT2D eigenvalue weighted by atomic mass is 10.1. The summed E-state index contributed by atoms with van der Waals surface area (Å²) in [4.78, 5) is 21.9. The van der Waals surface area contributed by atoms with E-state index >= 15 is 0 Å². The predicted molar refractivity (Wildman–Crippen MR) is 53.8 cm³/mol. The zero-order valence-electron chi connectivity index (χ0n) is 8.33. The fraction of sp³-hybridized carbons (Fsp3) is 0.778. The molecule has 76 valence electrons. The van der Waals surface area contributed by atoms with Gasteiger partial charge >= 0.3 is 5.97 Å². The number of ketones is 1. The minimum absolute atomic E-state index is 0.0506. The van der Waals surface area contributed by atoms with Gasteiger partial charge in [-0.2, -0.15) is 0 Å². The first-order valence-electron chi connectivity index (χ1n) is 4.34. The van der Waals surface area contributed by atoms with Crippen LogP contribution in [-0.4, -0.2) is 29.9 Å². The van der Waals surface area contributed by atoms with Gasteiger partial charge < -0.3 is 4.74 Å². The van der Waals surface area contributed by atoms with E-state index in [0.717, 1.165) is 0 Å². The van der Waals surface area contributed by atoms with Crippen LogP contribution in [0.3, 0.4) is 0 Å². The number of rotatable bonds is 6. The van der Waals surface area contributed by atoms with Crippen molar-refractivity contribution in [2.45, 2.75) is 20.8 Å². The maximum absolute atomic E-state index is 11.1. The van der Waals surface area contributed by atoms with Gasteiger partial charge in [0.25, 0.3) is 0 Å². The minimum Gasteiger partial charge on any atom is -0.465 e. The monoisotopic (exact) mass is 204 g/mol. The van der Waals surface area contributed by atoms with Gasteiger partial charge in [-0.3, -0.25) is 9.59 Å². The number of carbonyl (C=O) groups is 2. The third-order valence-corrected chi connectivity index (χ3v) is 2.34. The van der Waals surface area contributed by atoms with Gasteiger partial charge in [0.1, 0.15) is 5.78 Å². The normalized spacial score (nSPS) is 10.2. The van der Waals surface area contributed by atoms with Crippen LogP contribution in [0.15, 0.2) is 0 Å². The molecule has 0 aromatic heterocycles. The van der Waals surface area contributed by atoms with Gasteiger partial charge in [-0.1, -0.05) is 13.8 Å². The standard InChI is InChI=1S/C9H16O3S/c1-4-12-9(11)6-13-5-8(10)7(2)3/h7H,4-6H2,1-3H3. The fourth-order valence-electron chi connectivity index (χ4n) is 0.604. The van der Waals surface area contributed by atoms with Gasteiger partial charge in [-0.15, -0.1) is 11.8 Å². The lowest BCUT2D eigenvalue weighted by Gasteiger charge is -2.03. The highest BCUT2D eigenvalue weighted by atomic mass is 32.2. The van der Waals surface area contributed by atoms with Crippen molar-refractivity contribution in [3.05, 3.63) is 0 Å². The van der Waals surface area contributed by atoms with Crippen LogP contribution in [0, 0.1) is 5.92 Å². The topological polar surface area (TPSA) is 43.4 Å². The second-order valence-electron chi connectivity index (χ2n) is 2.92. The molecule has 0 radical (unpaired) electrons. The summed E-state index contributed by atoms with van der Waals surface area (Å²) >= 11 is 1.31. The van der Waals surface area contributed by atoms with Gasteiger partial charge in [0, 0.05) is 5.92 Å². The first-order chi connectivity index (χ1) is 6.07. The quantitative estimate of drug-likeness (QED) is 0.615. The van der Waals surface area contributed by atoms with Crippen LogP contribution in [0.2, 0.25) is 0 Å². The SMILES string of the molecule is CCOC(=O)CSCC(=O)C(C)C. The Kier molecular flexibility index (Phi) is 6.68. The molecule has 0 aliphatic rings. The molecule has 0 amide bonds. The molecule has 4 heteroatoms. The molecule has 0 spiro atoms. The summed E-state index contributed by atoms with van der Waals surface area (Å²) < 4.78 is 4.71. The Morgan fingerprint density at radius 3 is 2.38 bits per heavy atom. The summed E-state index contributed by atoms with van der Waals surface area (Å²) in [6.07, 6.45) is 0. The maximum Gasteiger partial charge on any atom is 0.315 e. The van der Waals surface area contributed by atoms with Crippen molar-refractivity contribution in [3.8, 4) is 0 Å². The van der Waals surface area contributed by atoms with Gasteiger partial charge in [0.2, 0.25) is 0 Å². The Morgan fingerprint density at radius 1 is 1.31 bits per heavy atom. The zero-order chi connectivity index (χ0) is 10.3. The van der Waals surface area contributed by atoms with Gasteiger partial charge in [0.15, 0.2) is 0 Å². The van der Waals surface area contributed by atoms with Crippen LogP contribution in [-0.2, 0) is 14.3 Å². The van der Waals surface area contributed by atoms with E-state index < -0.39 is 0 Å². The molecule has 0 aliphatic carbocycles. The summed E-state index contributed by atoms with van der Waals surface area (Å²) in [6, 6.07) is 0. The van der Waals surface area contributed by atoms with Gasteiger partial charge in [-0.05, 0) is 6.92 Å². The molecule has 0 aliphatic heterocycles. The Balaban J connectivity index is 3.45. The molecule has 0 aromatic carbocycles. The Labute approximate surface area is 83.2 Å². The maximum atomic E-state index is 11.1. The summed E-state index contributed by atoms with van der Waals surface area (Å²) in [5, 5.41) is 0. The van der Waals surface area contributed by atoms with E-state index in [-0.39, 0.29) is 23.4 Å². The number of thioether (sulfide) groups is 1. The van der Waals surface area contributed by atoms with E-state index in [0.29, 0.717) is 12.4 Å². The molecular formula is C9H16O3S. The molecule has 0 atom stereocenters. The molecule has 0 N–H and O–H groups in total. The van der Waals surface area contributed by atoms with Crippen molar-refractivity contribution in [3.63, 3.8) is 0 Å². The fourth-order valence-corrected chi connectivity index (χ4v) is 1.49. The highest BCUT2D eigenvalue weighted by molar-refractivity contribution is 8.00. The summed E-state index contributed by atoms with van der Waals surface area (Å²) in [5.74, 6) is 0.649. The lowest BCUT2D eigenvalue weighted by molar-refractivity contribution is -0.139. The van der Waals surface area contributed by atoms with Crippen LogP contribution >= 0.6 is 11.8 Å². The first kappa shape index (κ1) is 12.5. The molecule has 0 saturated heterocycles. The molecule has 3 nitrogen and oxygen atoms in total. The molecule has 0 saturated carbocycles. The van der Waals surface area contributed by atoms with Crippen molar-refractivity contribution in [2.75, 3.05) is 18.1 Å². The number of ether oxygens (including phenoxy) is 1. The van der Waals surface area contributed by atoms with Crippen LogP contribution in [0.25, 0.3) is 0 Å². The number of esters is 1. The van der Waals surface area contributed by atoms with Crippen molar-refractivity contribution in [1.82, 2.24) is 0 Å². The molecule has 13 heavy (non-hydrogen) atoms. The Bertz CT molecular complexity index is 178. The average molecular weight is 204 g/mol. The Hall–Kier alpha value is -0.510. The molecule has 0 heterocycles. The summed E-state index contributed by atoms with van der Waals surface area (Å²) in [7, 11) is 0. The van der Waals surface area contributed by atoms with E-state index in [1.165, 1.54) is 11.8 Å². The van der Waals surface area contributed by atoms with E-state index in [2.05, 4.69) is 0 Å². The zero-order valence-corrected chi connectivity index (χ0v) is 9.15. The smallest absolute Gasteiger partial charge is 0.315 e. The molecule has 0 rings (SSSR count). The van der Waals surface area contributed by atoms with Crippen molar-refractivity contribution >= 4 is 23.5 Å². The summed E-state index contributed by atoms with van der Waals surface area (Å²) in [5.41, 5.74) is 0. The average Bonchev–Trinajstić information content (AvgIpc) is 2.04. The van der Waals surface area contributed by atoms with E-state index in [9.17, 15) is 9.59 Å². The molecular weight excluding hydrogens is 188 g/mol. The highest BCUT2D eigenvalue weighted by Gasteiger charge is 2.08. The molecule has 0 aromatic rings. The van der Waals surface area contributed by atoms with E-state index in [1.807, 2.05) is 13.8 Å². The predicted octanol–water partition coefficient (Wildman–Crippen LogP) is 1.51. The lowest BCUT2D eigenvalue weighted by Crippen LogP contribution is -2.13. The summed E-state index contributed by atoms with van der Waals surface area (Å²) in [6.45, 7) is 5.87. The largest absolute Gasteiger partial charge is 0.465 e. The van der Waals surface area contributed by atoms with Gasteiger partial charge in [0.05, 0.1) is 18.1 Å². The van der Waals surface area contributed by atoms with Gasteiger partial charge in [-0.25, -0.2) is 0 Å². The van der Waals surface area contributed by atoms with Crippen LogP contribution in [0.5, 0.6) is 0 Å². The number of carbonyl (C=O) groups excluding carboxylic acids is 2. The number of hydrogen-bond acceptors (Lipinski definition) is 4. The molecule has 0 bridgehead atoms. The molecule has 0 fully saturated rings. The second-order valence-corrected chi connectivity index (χ2v) is 3.90. The third kappa shape index (κ3) is 6.63. The second kappa shape index (κ2) is 6.95. The van der Waals surface area contributed by atoms with Crippen LogP contribution < -0.4 is 0 Å². The Morgan fingerprint density at radius 2 is 1.92 bits per heavy atom. The highest BCUT2D eigenvalue weighted by Crippen LogP contribution is 2.05. The van der Waals surface area contributed by atoms with E-state index in [1.54, 1.807) is 6.92 Å². The van der Waals surface area contributed by atoms with Crippen LogP contribution in [0.4, 0.5) is 0 Å².